The Morgan fingerprint density at radius 3 is 2.75 bits per heavy atom. The van der Waals surface area contributed by atoms with Crippen molar-refractivity contribution in [2.45, 2.75) is 13.1 Å². The second kappa shape index (κ2) is 11.3. The van der Waals surface area contributed by atoms with Crippen molar-refractivity contribution in [2.24, 2.45) is 0 Å². The lowest BCUT2D eigenvalue weighted by molar-refractivity contribution is 0.0341. The molecule has 11 heteroatoms. The molecule has 1 amide bonds. The van der Waals surface area contributed by atoms with Crippen LogP contribution in [0.3, 0.4) is 0 Å². The second-order valence-corrected chi connectivity index (χ2v) is 9.75. The molecule has 4 bridgehead atoms. The maximum atomic E-state index is 13.6. The van der Waals surface area contributed by atoms with E-state index < -0.39 is 0 Å². The first-order valence-electron chi connectivity index (χ1n) is 13.2. The smallest absolute Gasteiger partial charge is 0.274 e. The minimum atomic E-state index is -0.367. The van der Waals surface area contributed by atoms with Crippen molar-refractivity contribution in [3.63, 3.8) is 0 Å². The van der Waals surface area contributed by atoms with Gasteiger partial charge in [-0.25, -0.2) is 9.97 Å². The molecule has 2 aromatic heterocycles. The van der Waals surface area contributed by atoms with Gasteiger partial charge in [-0.3, -0.25) is 19.1 Å². The van der Waals surface area contributed by atoms with Crippen molar-refractivity contribution in [3.8, 4) is 28.6 Å². The predicted molar refractivity (Wildman–Crippen MR) is 147 cm³/mol. The van der Waals surface area contributed by atoms with Crippen LogP contribution in [-0.4, -0.2) is 81.8 Å². The molecule has 4 heterocycles. The number of benzene rings is 2. The van der Waals surface area contributed by atoms with E-state index in [1.54, 1.807) is 18.2 Å². The van der Waals surface area contributed by atoms with Crippen LogP contribution in [0, 0.1) is 0 Å². The lowest BCUT2D eigenvalue weighted by atomic mass is 10.1. The SMILES string of the molecule is COc1ccc2cc1OCCN(C(=O)c1c[nH]c(=O)cn1)Cc1cc(CN3CCOCC3)cc(c1)-n1ccnc1-2. The number of hydrogen-bond acceptors (Lipinski definition) is 8. The van der Waals surface area contributed by atoms with Gasteiger partial charge in [0.2, 0.25) is 0 Å². The lowest BCUT2D eigenvalue weighted by Crippen LogP contribution is -2.36. The van der Waals surface area contributed by atoms with Gasteiger partial charge in [-0.1, -0.05) is 6.07 Å². The van der Waals surface area contributed by atoms with Crippen LogP contribution in [0.2, 0.25) is 0 Å². The fourth-order valence-corrected chi connectivity index (χ4v) is 5.10. The van der Waals surface area contributed by atoms with Crippen molar-refractivity contribution in [1.82, 2.24) is 29.3 Å². The largest absolute Gasteiger partial charge is 0.493 e. The van der Waals surface area contributed by atoms with E-state index in [-0.39, 0.29) is 23.8 Å². The highest BCUT2D eigenvalue weighted by Crippen LogP contribution is 2.33. The van der Waals surface area contributed by atoms with Crippen molar-refractivity contribution in [3.05, 3.63) is 88.4 Å². The number of nitrogens with zero attached hydrogens (tertiary/aromatic N) is 5. The number of aromatic nitrogens is 4. The number of morpholine rings is 1. The number of ether oxygens (including phenoxy) is 3. The first kappa shape index (κ1) is 25.8. The molecule has 1 fully saturated rings. The molecule has 40 heavy (non-hydrogen) atoms. The number of carbonyl (C=O) groups is 1. The molecular weight excluding hydrogens is 512 g/mol. The number of methoxy groups -OCH3 is 1. The maximum Gasteiger partial charge on any atom is 0.274 e. The quantitative estimate of drug-likeness (QED) is 0.419. The summed E-state index contributed by atoms with van der Waals surface area (Å²) in [4.78, 5) is 40.5. The third kappa shape index (κ3) is 5.47. The molecule has 0 aliphatic carbocycles. The fourth-order valence-electron chi connectivity index (χ4n) is 5.10. The molecule has 0 atom stereocenters. The summed E-state index contributed by atoms with van der Waals surface area (Å²) in [6.45, 7) is 4.77. The molecule has 0 saturated carbocycles. The molecular formula is C29H30N6O5. The van der Waals surface area contributed by atoms with Crippen LogP contribution in [0.5, 0.6) is 11.5 Å². The van der Waals surface area contributed by atoms with Crippen molar-refractivity contribution in [1.29, 1.82) is 0 Å². The number of amides is 1. The predicted octanol–water partition coefficient (Wildman–Crippen LogP) is 2.50. The first-order chi connectivity index (χ1) is 19.6. The Morgan fingerprint density at radius 2 is 1.95 bits per heavy atom. The molecule has 4 aromatic rings. The number of H-pyrrole nitrogens is 1. The highest BCUT2D eigenvalue weighted by Gasteiger charge is 2.21. The first-order valence-corrected chi connectivity index (χ1v) is 13.2. The maximum absolute atomic E-state index is 13.6. The molecule has 11 nitrogen and oxygen atoms in total. The lowest BCUT2D eigenvalue weighted by Gasteiger charge is -2.27. The summed E-state index contributed by atoms with van der Waals surface area (Å²) in [6.07, 6.45) is 6.17. The van der Waals surface area contributed by atoms with E-state index in [9.17, 15) is 9.59 Å². The number of hydrogen-bond donors (Lipinski definition) is 1. The van der Waals surface area contributed by atoms with Crippen LogP contribution in [0.1, 0.15) is 21.6 Å². The van der Waals surface area contributed by atoms with E-state index in [1.165, 1.54) is 6.20 Å². The number of nitrogens with one attached hydrogen (secondary N) is 1. The van der Waals surface area contributed by atoms with Gasteiger partial charge in [0.25, 0.3) is 11.5 Å². The normalized spacial score (nSPS) is 15.7. The van der Waals surface area contributed by atoms with Gasteiger partial charge in [0.05, 0.1) is 33.1 Å². The van der Waals surface area contributed by atoms with Crippen LogP contribution in [0.4, 0.5) is 0 Å². The number of fused-ring (bicyclic) bond motifs is 7. The van der Waals surface area contributed by atoms with E-state index >= 15 is 0 Å². The van der Waals surface area contributed by atoms with E-state index in [1.807, 2.05) is 29.0 Å². The molecule has 0 unspecified atom stereocenters. The van der Waals surface area contributed by atoms with E-state index in [0.717, 1.165) is 54.0 Å². The van der Waals surface area contributed by atoms with Crippen molar-refractivity contribution >= 4 is 5.91 Å². The second-order valence-electron chi connectivity index (χ2n) is 9.75. The van der Waals surface area contributed by atoms with Gasteiger partial charge in [-0.15, -0.1) is 0 Å². The number of rotatable bonds is 4. The zero-order valence-electron chi connectivity index (χ0n) is 22.2. The molecule has 2 aliphatic heterocycles. The van der Waals surface area contributed by atoms with Crippen LogP contribution >= 0.6 is 0 Å². The van der Waals surface area contributed by atoms with Gasteiger partial charge in [0.1, 0.15) is 18.1 Å². The van der Waals surface area contributed by atoms with E-state index in [0.29, 0.717) is 37.8 Å². The topological polar surface area (TPSA) is 115 Å². The third-order valence-corrected chi connectivity index (χ3v) is 7.06. The average Bonchev–Trinajstić information content (AvgIpc) is 3.47. The van der Waals surface area contributed by atoms with Crippen LogP contribution in [-0.2, 0) is 17.8 Å². The minimum Gasteiger partial charge on any atom is -0.493 e. The van der Waals surface area contributed by atoms with Crippen LogP contribution < -0.4 is 15.0 Å². The van der Waals surface area contributed by atoms with Gasteiger partial charge in [0, 0.05) is 56.0 Å². The highest BCUT2D eigenvalue weighted by molar-refractivity contribution is 5.92. The molecule has 1 N–H and O–H groups in total. The molecule has 206 valence electrons. The Kier molecular flexibility index (Phi) is 7.30. The standard InChI is InChI=1S/C29H30N6O5/c1-38-25-3-2-22-15-26(25)40-11-8-34(29(37)24-16-32-27(36)17-31-24)19-21-12-20(18-33-6-9-39-10-7-33)13-23(14-21)35-5-4-30-28(22)35/h2-5,12-17H,6-11,18-19H2,1H3,(H,32,36). The molecule has 1 saturated heterocycles. The summed E-state index contributed by atoms with van der Waals surface area (Å²) in [5, 5.41) is 0. The monoisotopic (exact) mass is 542 g/mol. The molecule has 2 aliphatic rings. The number of aromatic amines is 1. The van der Waals surface area contributed by atoms with Gasteiger partial charge >= 0.3 is 0 Å². The Morgan fingerprint density at radius 1 is 1.07 bits per heavy atom. The molecule has 2 aromatic carbocycles. The van der Waals surface area contributed by atoms with Gasteiger partial charge < -0.3 is 24.1 Å². The van der Waals surface area contributed by atoms with Gasteiger partial charge in [-0.05, 0) is 41.5 Å². The van der Waals surface area contributed by atoms with Crippen molar-refractivity contribution in [2.75, 3.05) is 46.6 Å². The number of imidazole rings is 1. The zero-order chi connectivity index (χ0) is 27.5. The Labute approximate surface area is 231 Å². The summed E-state index contributed by atoms with van der Waals surface area (Å²) in [5.74, 6) is 1.61. The summed E-state index contributed by atoms with van der Waals surface area (Å²) < 4.78 is 19.3. The van der Waals surface area contributed by atoms with E-state index in [4.69, 9.17) is 14.2 Å². The van der Waals surface area contributed by atoms with E-state index in [2.05, 4.69) is 38.1 Å². The highest BCUT2D eigenvalue weighted by atomic mass is 16.5. The summed E-state index contributed by atoms with van der Waals surface area (Å²) >= 11 is 0. The molecule has 0 spiro atoms. The van der Waals surface area contributed by atoms with Gasteiger partial charge in [-0.2, -0.15) is 0 Å². The average molecular weight is 543 g/mol. The Hall–Kier alpha value is -4.48. The van der Waals surface area contributed by atoms with Crippen molar-refractivity contribution < 1.29 is 19.0 Å². The fraction of sp³-hybridized carbons (Fsp3) is 0.310. The summed E-state index contributed by atoms with van der Waals surface area (Å²) in [5.41, 5.74) is 3.70. The van der Waals surface area contributed by atoms with Gasteiger partial charge in [0.15, 0.2) is 11.5 Å². The molecule has 6 rings (SSSR count). The summed E-state index contributed by atoms with van der Waals surface area (Å²) in [7, 11) is 1.59. The minimum absolute atomic E-state index is 0.157. The third-order valence-electron chi connectivity index (χ3n) is 7.06. The zero-order valence-corrected chi connectivity index (χ0v) is 22.2. The number of carbonyl (C=O) groups excluding carboxylic acids is 1. The Bertz CT molecular complexity index is 1550. The van der Waals surface area contributed by atoms with Crippen LogP contribution in [0.25, 0.3) is 17.1 Å². The van der Waals surface area contributed by atoms with Crippen LogP contribution in [0.15, 0.2) is 66.0 Å². The Balaban J connectivity index is 1.44. The summed E-state index contributed by atoms with van der Waals surface area (Å²) in [6, 6.07) is 12.1. The molecule has 0 radical (unpaired) electrons.